The van der Waals surface area contributed by atoms with E-state index < -0.39 is 11.6 Å². The van der Waals surface area contributed by atoms with Crippen molar-refractivity contribution in [1.29, 1.82) is 0 Å². The maximum Gasteiger partial charge on any atom is 0.191 e. The molecule has 0 saturated carbocycles. The van der Waals surface area contributed by atoms with Crippen molar-refractivity contribution in [2.45, 2.75) is 64.5 Å². The number of aromatic nitrogens is 3. The molecule has 0 spiro atoms. The number of halogens is 2. The molecule has 7 nitrogen and oxygen atoms in total. The van der Waals surface area contributed by atoms with Crippen LogP contribution in [0, 0.1) is 11.6 Å². The SMILES string of the molecule is CCNC(=NCCCc1nnc2n1CCCCC2)NC1CCN(c2ccc(F)cc2F)C1. The lowest BCUT2D eigenvalue weighted by atomic mass is 10.2. The summed E-state index contributed by atoms with van der Waals surface area (Å²) < 4.78 is 29.6. The van der Waals surface area contributed by atoms with Gasteiger partial charge in [0, 0.05) is 57.7 Å². The highest BCUT2D eigenvalue weighted by atomic mass is 19.1. The van der Waals surface area contributed by atoms with Gasteiger partial charge in [-0.25, -0.2) is 8.78 Å². The molecule has 1 fully saturated rings. The van der Waals surface area contributed by atoms with Crippen molar-refractivity contribution in [2.24, 2.45) is 4.99 Å². The number of hydrogen-bond acceptors (Lipinski definition) is 4. The van der Waals surface area contributed by atoms with E-state index in [1.165, 1.54) is 31.4 Å². The van der Waals surface area contributed by atoms with Gasteiger partial charge < -0.3 is 20.1 Å². The molecule has 9 heteroatoms. The van der Waals surface area contributed by atoms with Crippen LogP contribution in [0.5, 0.6) is 0 Å². The molecule has 2 aliphatic heterocycles. The summed E-state index contributed by atoms with van der Waals surface area (Å²) in [6.07, 6.45) is 7.34. The largest absolute Gasteiger partial charge is 0.367 e. The minimum atomic E-state index is -0.552. The fourth-order valence-corrected chi connectivity index (χ4v) is 4.51. The molecule has 32 heavy (non-hydrogen) atoms. The number of hydrogen-bond donors (Lipinski definition) is 2. The molecule has 2 aromatic rings. The summed E-state index contributed by atoms with van der Waals surface area (Å²) in [5.74, 6) is 1.91. The molecule has 1 aromatic heterocycles. The Morgan fingerprint density at radius 1 is 1.19 bits per heavy atom. The van der Waals surface area contributed by atoms with Gasteiger partial charge in [0.2, 0.25) is 0 Å². The van der Waals surface area contributed by atoms with Crippen LogP contribution in [-0.2, 0) is 19.4 Å². The summed E-state index contributed by atoms with van der Waals surface area (Å²) in [5, 5.41) is 15.5. The van der Waals surface area contributed by atoms with Crippen LogP contribution in [-0.4, -0.2) is 52.9 Å². The lowest BCUT2D eigenvalue weighted by molar-refractivity contribution is 0.580. The first-order chi connectivity index (χ1) is 15.6. The van der Waals surface area contributed by atoms with E-state index in [0.717, 1.165) is 69.0 Å². The molecule has 1 saturated heterocycles. The van der Waals surface area contributed by atoms with Crippen LogP contribution in [0.1, 0.15) is 50.7 Å². The third kappa shape index (κ3) is 5.55. The van der Waals surface area contributed by atoms with E-state index in [1.807, 2.05) is 11.8 Å². The Labute approximate surface area is 188 Å². The van der Waals surface area contributed by atoms with Gasteiger partial charge >= 0.3 is 0 Å². The molecule has 0 aliphatic carbocycles. The van der Waals surface area contributed by atoms with E-state index >= 15 is 0 Å². The zero-order valence-corrected chi connectivity index (χ0v) is 18.8. The number of fused-ring (bicyclic) bond motifs is 1. The van der Waals surface area contributed by atoms with Crippen molar-refractivity contribution in [3.63, 3.8) is 0 Å². The van der Waals surface area contributed by atoms with Gasteiger partial charge in [-0.15, -0.1) is 10.2 Å². The van der Waals surface area contributed by atoms with E-state index in [1.54, 1.807) is 0 Å². The number of guanidine groups is 1. The zero-order valence-electron chi connectivity index (χ0n) is 18.8. The lowest BCUT2D eigenvalue weighted by Gasteiger charge is -2.21. The lowest BCUT2D eigenvalue weighted by Crippen LogP contribution is -2.44. The Bertz CT molecular complexity index is 927. The first-order valence-corrected chi connectivity index (χ1v) is 11.8. The second-order valence-corrected chi connectivity index (χ2v) is 8.53. The molecule has 3 heterocycles. The summed E-state index contributed by atoms with van der Waals surface area (Å²) in [7, 11) is 0. The Morgan fingerprint density at radius 2 is 2.09 bits per heavy atom. The molecule has 1 atom stereocenters. The molecule has 0 radical (unpaired) electrons. The topological polar surface area (TPSA) is 70.4 Å². The summed E-state index contributed by atoms with van der Waals surface area (Å²) in [5.41, 5.74) is 0.449. The third-order valence-electron chi connectivity index (χ3n) is 6.14. The van der Waals surface area contributed by atoms with Crippen molar-refractivity contribution in [3.05, 3.63) is 41.5 Å². The normalized spacial score (nSPS) is 19.0. The number of nitrogens with one attached hydrogen (secondary N) is 2. The van der Waals surface area contributed by atoms with E-state index in [0.29, 0.717) is 18.8 Å². The summed E-state index contributed by atoms with van der Waals surface area (Å²) in [6.45, 7) is 5.90. The summed E-state index contributed by atoms with van der Waals surface area (Å²) >= 11 is 0. The van der Waals surface area contributed by atoms with Gasteiger partial charge in [-0.3, -0.25) is 4.99 Å². The third-order valence-corrected chi connectivity index (χ3v) is 6.14. The maximum absolute atomic E-state index is 14.1. The second-order valence-electron chi connectivity index (χ2n) is 8.53. The van der Waals surface area contributed by atoms with Gasteiger partial charge in [0.15, 0.2) is 5.96 Å². The molecule has 2 N–H and O–H groups in total. The average molecular weight is 446 g/mol. The molecule has 1 unspecified atom stereocenters. The van der Waals surface area contributed by atoms with Crippen molar-refractivity contribution in [2.75, 3.05) is 31.1 Å². The van der Waals surface area contributed by atoms with Gasteiger partial charge in [0.25, 0.3) is 0 Å². The fourth-order valence-electron chi connectivity index (χ4n) is 4.51. The number of aryl methyl sites for hydroxylation is 2. The zero-order chi connectivity index (χ0) is 22.3. The Kier molecular flexibility index (Phi) is 7.55. The van der Waals surface area contributed by atoms with Gasteiger partial charge in [-0.05, 0) is 44.7 Å². The average Bonchev–Trinajstić information content (AvgIpc) is 3.31. The van der Waals surface area contributed by atoms with Gasteiger partial charge in [-0.1, -0.05) is 6.42 Å². The van der Waals surface area contributed by atoms with Crippen molar-refractivity contribution < 1.29 is 8.78 Å². The molecule has 0 bridgehead atoms. The van der Waals surface area contributed by atoms with E-state index in [9.17, 15) is 8.78 Å². The van der Waals surface area contributed by atoms with Crippen LogP contribution in [0.25, 0.3) is 0 Å². The van der Waals surface area contributed by atoms with Crippen molar-refractivity contribution >= 4 is 11.6 Å². The number of benzene rings is 1. The highest BCUT2D eigenvalue weighted by molar-refractivity contribution is 5.80. The number of anilines is 1. The number of nitrogens with zero attached hydrogens (tertiary/aromatic N) is 5. The summed E-state index contributed by atoms with van der Waals surface area (Å²) in [6, 6.07) is 3.91. The Hall–Kier alpha value is -2.71. The standard InChI is InChI=1S/C23H33F2N7/c1-2-26-23(27-12-6-8-22-30-29-21-7-4-3-5-13-32(21)22)28-18-11-14-31(16-18)20-10-9-17(24)15-19(20)25/h9-10,15,18H,2-8,11-14,16H2,1H3,(H2,26,27,28). The molecular formula is C23H33F2N7. The van der Waals surface area contributed by atoms with Gasteiger partial charge in [0.05, 0.1) is 5.69 Å². The van der Waals surface area contributed by atoms with Crippen molar-refractivity contribution in [3.8, 4) is 0 Å². The fraction of sp³-hybridized carbons (Fsp3) is 0.609. The first-order valence-electron chi connectivity index (χ1n) is 11.8. The van der Waals surface area contributed by atoms with Crippen LogP contribution in [0.2, 0.25) is 0 Å². The van der Waals surface area contributed by atoms with Crippen molar-refractivity contribution in [1.82, 2.24) is 25.4 Å². The predicted octanol–water partition coefficient (Wildman–Crippen LogP) is 3.05. The highest BCUT2D eigenvalue weighted by Gasteiger charge is 2.25. The molecular weight excluding hydrogens is 412 g/mol. The minimum Gasteiger partial charge on any atom is -0.367 e. The summed E-state index contributed by atoms with van der Waals surface area (Å²) in [4.78, 5) is 6.68. The van der Waals surface area contributed by atoms with Gasteiger partial charge in [0.1, 0.15) is 23.3 Å². The molecule has 0 amide bonds. The second kappa shape index (κ2) is 10.7. The van der Waals surface area contributed by atoms with Crippen LogP contribution in [0.3, 0.4) is 0 Å². The molecule has 4 rings (SSSR count). The quantitative estimate of drug-likeness (QED) is 0.390. The van der Waals surface area contributed by atoms with Crippen LogP contribution in [0.4, 0.5) is 14.5 Å². The minimum absolute atomic E-state index is 0.157. The molecule has 174 valence electrons. The highest BCUT2D eigenvalue weighted by Crippen LogP contribution is 2.24. The van der Waals surface area contributed by atoms with E-state index in [2.05, 4.69) is 25.4 Å². The van der Waals surface area contributed by atoms with Crippen LogP contribution < -0.4 is 15.5 Å². The molecule has 1 aromatic carbocycles. The first kappa shape index (κ1) is 22.5. The predicted molar refractivity (Wildman–Crippen MR) is 122 cm³/mol. The van der Waals surface area contributed by atoms with Crippen LogP contribution >= 0.6 is 0 Å². The maximum atomic E-state index is 14.1. The Morgan fingerprint density at radius 3 is 2.94 bits per heavy atom. The Balaban J connectivity index is 1.28. The molecule has 2 aliphatic rings. The monoisotopic (exact) mass is 445 g/mol. The smallest absolute Gasteiger partial charge is 0.191 e. The van der Waals surface area contributed by atoms with E-state index in [4.69, 9.17) is 4.99 Å². The van der Waals surface area contributed by atoms with Gasteiger partial charge in [-0.2, -0.15) is 0 Å². The van der Waals surface area contributed by atoms with Crippen LogP contribution in [0.15, 0.2) is 23.2 Å². The number of rotatable bonds is 7. The number of aliphatic imine (C=N–C) groups is 1. The van der Waals surface area contributed by atoms with E-state index in [-0.39, 0.29) is 6.04 Å².